The Hall–Kier alpha value is -3.35. The molecular formula is C19H18N6O6. The van der Waals surface area contributed by atoms with Gasteiger partial charge < -0.3 is 24.6 Å². The van der Waals surface area contributed by atoms with E-state index in [1.807, 2.05) is 11.0 Å². The fraction of sp³-hybridized carbons (Fsp3) is 0.421. The predicted octanol–water partition coefficient (Wildman–Crippen LogP) is 0.309. The van der Waals surface area contributed by atoms with Gasteiger partial charge in [-0.25, -0.2) is 14.5 Å². The van der Waals surface area contributed by atoms with Crippen LogP contribution in [0.15, 0.2) is 24.5 Å². The first-order chi connectivity index (χ1) is 15.0. The number of anilines is 1. The van der Waals surface area contributed by atoms with Crippen molar-refractivity contribution in [2.45, 2.75) is 37.5 Å². The molecule has 0 unspecified atom stereocenters. The van der Waals surface area contributed by atoms with Gasteiger partial charge in [-0.2, -0.15) is 4.98 Å². The number of nitro groups is 1. The molecule has 3 aliphatic heterocycles. The third kappa shape index (κ3) is 2.62. The number of rotatable bonds is 2. The third-order valence-corrected chi connectivity index (χ3v) is 6.14. The Morgan fingerprint density at radius 3 is 2.94 bits per heavy atom. The summed E-state index contributed by atoms with van der Waals surface area (Å²) >= 11 is 0. The van der Waals surface area contributed by atoms with Gasteiger partial charge in [0.2, 0.25) is 0 Å². The van der Waals surface area contributed by atoms with E-state index in [-0.39, 0.29) is 23.2 Å². The van der Waals surface area contributed by atoms with E-state index in [0.29, 0.717) is 42.1 Å². The Labute approximate surface area is 174 Å². The number of ether oxygens (including phenoxy) is 2. The lowest BCUT2D eigenvalue weighted by atomic mass is 9.98. The van der Waals surface area contributed by atoms with Gasteiger partial charge >= 0.3 is 6.01 Å². The van der Waals surface area contributed by atoms with Crippen molar-refractivity contribution in [1.29, 1.82) is 0 Å². The van der Waals surface area contributed by atoms with E-state index in [2.05, 4.69) is 15.0 Å². The van der Waals surface area contributed by atoms with E-state index in [0.717, 1.165) is 5.56 Å². The van der Waals surface area contributed by atoms with Gasteiger partial charge in [0, 0.05) is 12.6 Å². The monoisotopic (exact) mass is 426 g/mol. The molecule has 0 aliphatic carbocycles. The second kappa shape index (κ2) is 6.57. The maximum absolute atomic E-state index is 11.5. The molecule has 160 valence electrons. The van der Waals surface area contributed by atoms with Gasteiger partial charge in [0.05, 0.1) is 17.0 Å². The summed E-state index contributed by atoms with van der Waals surface area (Å²) in [4.78, 5) is 26.3. The number of hydrogen-bond acceptors (Lipinski definition) is 10. The van der Waals surface area contributed by atoms with E-state index >= 15 is 0 Å². The number of fused-ring (bicyclic) bond motifs is 7. The zero-order valence-corrected chi connectivity index (χ0v) is 16.2. The van der Waals surface area contributed by atoms with Crippen LogP contribution >= 0.6 is 0 Å². The molecule has 1 saturated heterocycles. The van der Waals surface area contributed by atoms with Crippen molar-refractivity contribution < 1.29 is 24.6 Å². The molecule has 1 fully saturated rings. The highest BCUT2D eigenvalue weighted by Crippen LogP contribution is 2.40. The summed E-state index contributed by atoms with van der Waals surface area (Å²) in [6.07, 6.45) is -1.75. The van der Waals surface area contributed by atoms with Gasteiger partial charge in [-0.05, 0) is 12.0 Å². The fourth-order valence-electron chi connectivity index (χ4n) is 4.59. The number of benzene rings is 1. The van der Waals surface area contributed by atoms with Crippen LogP contribution in [-0.4, -0.2) is 66.1 Å². The summed E-state index contributed by atoms with van der Waals surface area (Å²) in [6.45, 7) is 0.960. The zero-order chi connectivity index (χ0) is 21.3. The van der Waals surface area contributed by atoms with Gasteiger partial charge in [0.15, 0.2) is 23.2 Å². The number of aromatic nitrogens is 4. The first-order valence-corrected chi connectivity index (χ1v) is 9.90. The Morgan fingerprint density at radius 1 is 1.23 bits per heavy atom. The summed E-state index contributed by atoms with van der Waals surface area (Å²) in [6, 6.07) is 5.33. The summed E-state index contributed by atoms with van der Waals surface area (Å²) in [5, 5.41) is 32.1. The average molecular weight is 426 g/mol. The van der Waals surface area contributed by atoms with Crippen molar-refractivity contribution in [2.75, 3.05) is 18.1 Å². The fourth-order valence-corrected chi connectivity index (χ4v) is 4.59. The molecule has 0 amide bonds. The molecule has 2 aromatic heterocycles. The average Bonchev–Trinajstić information content (AvgIpc) is 3.20. The third-order valence-electron chi connectivity index (χ3n) is 6.14. The summed E-state index contributed by atoms with van der Waals surface area (Å²) in [5.74, 6) is 0.516. The molecule has 2 bridgehead atoms. The van der Waals surface area contributed by atoms with Crippen molar-refractivity contribution in [3.8, 4) is 6.01 Å². The quantitative estimate of drug-likeness (QED) is 0.433. The molecule has 4 atom stereocenters. The van der Waals surface area contributed by atoms with Crippen LogP contribution in [0.2, 0.25) is 0 Å². The van der Waals surface area contributed by atoms with Crippen molar-refractivity contribution in [1.82, 2.24) is 19.5 Å². The van der Waals surface area contributed by atoms with Crippen LogP contribution < -0.4 is 9.64 Å². The lowest BCUT2D eigenvalue weighted by Gasteiger charge is -2.29. The highest BCUT2D eigenvalue weighted by Gasteiger charge is 2.48. The van der Waals surface area contributed by atoms with Gasteiger partial charge in [-0.15, -0.1) is 0 Å². The van der Waals surface area contributed by atoms with E-state index in [9.17, 15) is 20.3 Å². The number of aliphatic hydroxyl groups excluding tert-OH is 2. The molecule has 2 N–H and O–H groups in total. The van der Waals surface area contributed by atoms with E-state index < -0.39 is 24.5 Å². The van der Waals surface area contributed by atoms with Crippen LogP contribution in [0.5, 0.6) is 6.01 Å². The highest BCUT2D eigenvalue weighted by molar-refractivity contribution is 5.85. The van der Waals surface area contributed by atoms with E-state index in [1.165, 1.54) is 17.0 Å². The molecule has 12 nitrogen and oxygen atoms in total. The van der Waals surface area contributed by atoms with Crippen molar-refractivity contribution in [3.05, 3.63) is 45.8 Å². The van der Waals surface area contributed by atoms with Crippen molar-refractivity contribution in [2.24, 2.45) is 0 Å². The van der Waals surface area contributed by atoms with Gasteiger partial charge in [-0.1, -0.05) is 12.1 Å². The number of hydrogen-bond donors (Lipinski definition) is 2. The van der Waals surface area contributed by atoms with Crippen LogP contribution in [0, 0.1) is 10.1 Å². The minimum absolute atomic E-state index is 0.0457. The van der Waals surface area contributed by atoms with E-state index in [1.54, 1.807) is 6.07 Å². The smallest absolute Gasteiger partial charge is 0.301 e. The van der Waals surface area contributed by atoms with Crippen LogP contribution in [0.4, 0.5) is 11.5 Å². The molecule has 12 heteroatoms. The maximum Gasteiger partial charge on any atom is 0.301 e. The molecule has 1 aromatic carbocycles. The largest absolute Gasteiger partial charge is 0.462 e. The standard InChI is InChI=1S/C19H18N6O6/c26-14-12-7-30-19-22-13-16(20-8-21-17(13)24(19)18(31-12)15(14)27)23-5-4-9-2-1-3-11(25(28)29)10(9)6-23/h1-3,8,12,14-15,18,26-27H,4-7H2/t12-,14-,15-,18-/m1/s1. The second-order valence-corrected chi connectivity index (χ2v) is 7.83. The lowest BCUT2D eigenvalue weighted by Crippen LogP contribution is -2.36. The summed E-state index contributed by atoms with van der Waals surface area (Å²) in [5.41, 5.74) is 2.52. The molecular weight excluding hydrogens is 408 g/mol. The molecule has 3 aliphatic rings. The SMILES string of the molecule is O=[N+]([O-])c1cccc2c1CN(c1ncnc3c1nc1n3[C@@H]3O[C@H](CO1)[C@@H](O)[C@H]3O)CC2. The van der Waals surface area contributed by atoms with Crippen molar-refractivity contribution in [3.63, 3.8) is 0 Å². The van der Waals surface area contributed by atoms with Crippen LogP contribution in [0.25, 0.3) is 11.2 Å². The molecule has 6 rings (SSSR count). The van der Waals surface area contributed by atoms with Gasteiger partial charge in [0.25, 0.3) is 5.69 Å². The number of imidazole rings is 1. The van der Waals surface area contributed by atoms with Gasteiger partial charge in [-0.3, -0.25) is 10.1 Å². The Morgan fingerprint density at radius 2 is 2.10 bits per heavy atom. The van der Waals surface area contributed by atoms with Crippen LogP contribution in [0.3, 0.4) is 0 Å². The Balaban J connectivity index is 1.44. The van der Waals surface area contributed by atoms with Crippen LogP contribution in [0.1, 0.15) is 17.4 Å². The predicted molar refractivity (Wildman–Crippen MR) is 105 cm³/mol. The summed E-state index contributed by atoms with van der Waals surface area (Å²) in [7, 11) is 0. The normalized spacial score (nSPS) is 26.8. The molecule has 0 spiro atoms. The minimum Gasteiger partial charge on any atom is -0.462 e. The molecule has 31 heavy (non-hydrogen) atoms. The topological polar surface area (TPSA) is 149 Å². The van der Waals surface area contributed by atoms with Gasteiger partial charge in [0.1, 0.15) is 31.2 Å². The van der Waals surface area contributed by atoms with Crippen molar-refractivity contribution >= 4 is 22.7 Å². The lowest BCUT2D eigenvalue weighted by molar-refractivity contribution is -0.385. The maximum atomic E-state index is 11.5. The molecule has 5 heterocycles. The van der Waals surface area contributed by atoms with E-state index in [4.69, 9.17) is 9.47 Å². The first kappa shape index (κ1) is 18.4. The number of aliphatic hydroxyl groups is 2. The summed E-state index contributed by atoms with van der Waals surface area (Å²) < 4.78 is 13.0. The Bertz CT molecular complexity index is 1210. The van der Waals surface area contributed by atoms with Crippen LogP contribution in [-0.2, 0) is 17.7 Å². The first-order valence-electron chi connectivity index (χ1n) is 9.90. The molecule has 0 radical (unpaired) electrons. The highest BCUT2D eigenvalue weighted by atomic mass is 16.6. The number of nitrogens with zero attached hydrogens (tertiary/aromatic N) is 6. The molecule has 3 aromatic rings. The zero-order valence-electron chi connectivity index (χ0n) is 16.2. The second-order valence-electron chi connectivity index (χ2n) is 7.83. The molecule has 0 saturated carbocycles. The Kier molecular flexibility index (Phi) is 3.91. The minimum atomic E-state index is -1.15. The number of nitro benzene ring substituents is 1.